The molecule has 1 unspecified atom stereocenters. The van der Waals surface area contributed by atoms with Crippen LogP contribution in [0.2, 0.25) is 0 Å². The Morgan fingerprint density at radius 3 is 2.25 bits per heavy atom. The molecule has 20 heavy (non-hydrogen) atoms. The highest BCUT2D eigenvalue weighted by atomic mass is 32.2. The van der Waals surface area contributed by atoms with E-state index in [4.69, 9.17) is 0 Å². The molecule has 2 rings (SSSR count). The largest absolute Gasteiger partial charge is 0.392 e. The molecule has 0 bridgehead atoms. The number of rotatable bonds is 0. The third-order valence-corrected chi connectivity index (χ3v) is 8.27. The van der Waals surface area contributed by atoms with E-state index in [0.717, 1.165) is 11.1 Å². The van der Waals surface area contributed by atoms with Gasteiger partial charge in [0.2, 0.25) is 0 Å². The lowest BCUT2D eigenvalue weighted by atomic mass is 9.70. The molecule has 1 aromatic rings. The zero-order chi connectivity index (χ0) is 15.5. The van der Waals surface area contributed by atoms with Crippen LogP contribution in [0.5, 0.6) is 0 Å². The minimum atomic E-state index is -3.51. The molecule has 0 radical (unpaired) electrons. The van der Waals surface area contributed by atoms with E-state index in [2.05, 4.69) is 0 Å². The van der Waals surface area contributed by atoms with Crippen LogP contribution >= 0.6 is 0 Å². The van der Waals surface area contributed by atoms with Crippen LogP contribution in [0, 0.1) is 12.3 Å². The molecule has 1 aliphatic heterocycles. The number of aryl methyl sites for hydroxylation is 1. The molecule has 1 aromatic carbocycles. The van der Waals surface area contributed by atoms with Crippen LogP contribution in [-0.4, -0.2) is 24.4 Å². The first-order chi connectivity index (χ1) is 8.96. The first kappa shape index (κ1) is 15.5. The lowest BCUT2D eigenvalue weighted by Gasteiger charge is -2.43. The second-order valence-corrected chi connectivity index (χ2v) is 9.42. The Balaban J connectivity index is 2.93. The topological polar surface area (TPSA) is 54.4 Å². The van der Waals surface area contributed by atoms with Crippen LogP contribution in [0.1, 0.15) is 51.7 Å². The zero-order valence-electron chi connectivity index (χ0n) is 13.1. The summed E-state index contributed by atoms with van der Waals surface area (Å²) in [4.78, 5) is 0.375. The molecule has 2 atom stereocenters. The van der Waals surface area contributed by atoms with Gasteiger partial charge in [0.25, 0.3) is 0 Å². The number of aliphatic hydroxyl groups excluding tert-OH is 1. The van der Waals surface area contributed by atoms with Gasteiger partial charge in [0.05, 0.1) is 15.7 Å². The predicted octanol–water partition coefficient (Wildman–Crippen LogP) is 3.05. The lowest BCUT2D eigenvalue weighted by molar-refractivity contribution is 0.0117. The highest BCUT2D eigenvalue weighted by Crippen LogP contribution is 2.51. The fraction of sp³-hybridized carbons (Fsp3) is 0.625. The first-order valence-electron chi connectivity index (χ1n) is 6.98. The molecule has 1 heterocycles. The zero-order valence-corrected chi connectivity index (χ0v) is 13.9. The summed E-state index contributed by atoms with van der Waals surface area (Å²) in [5.41, 5.74) is 0.946. The SMILES string of the molecule is Cc1cccc2c1[C@H](C)C(O)C(C)(C)C(C)(C)S2(=O)=O. The van der Waals surface area contributed by atoms with Crippen LogP contribution in [-0.2, 0) is 9.84 Å². The van der Waals surface area contributed by atoms with Crippen LogP contribution < -0.4 is 0 Å². The average molecular weight is 296 g/mol. The summed E-state index contributed by atoms with van der Waals surface area (Å²) < 4.78 is 25.2. The maximum Gasteiger partial charge on any atom is 0.184 e. The third-order valence-electron chi connectivity index (χ3n) is 5.47. The molecule has 4 heteroatoms. The quantitative estimate of drug-likeness (QED) is 0.800. The molecule has 1 aliphatic rings. The number of sulfone groups is 1. The smallest absolute Gasteiger partial charge is 0.184 e. The van der Waals surface area contributed by atoms with Crippen LogP contribution in [0.15, 0.2) is 23.1 Å². The number of fused-ring (bicyclic) bond motifs is 1. The highest BCUT2D eigenvalue weighted by molar-refractivity contribution is 7.93. The Bertz CT molecular complexity index is 642. The van der Waals surface area contributed by atoms with E-state index < -0.39 is 26.1 Å². The van der Waals surface area contributed by atoms with Gasteiger partial charge in [-0.3, -0.25) is 0 Å². The molecule has 112 valence electrons. The number of hydrogen-bond acceptors (Lipinski definition) is 3. The summed E-state index contributed by atoms with van der Waals surface area (Å²) in [6.45, 7) is 10.9. The standard InChI is InChI=1S/C16H24O3S/c1-10-8-7-9-12-13(10)11(2)14(17)15(3,4)16(5,6)20(12,18)19/h7-9,11,14,17H,1-6H3/t11-,14?/m0/s1. The summed E-state index contributed by atoms with van der Waals surface area (Å²) >= 11 is 0. The molecule has 0 spiro atoms. The number of hydrogen-bond donors (Lipinski definition) is 1. The van der Waals surface area contributed by atoms with E-state index >= 15 is 0 Å². The summed E-state index contributed by atoms with van der Waals surface area (Å²) in [7, 11) is -3.51. The van der Waals surface area contributed by atoms with Crippen LogP contribution in [0.3, 0.4) is 0 Å². The van der Waals surface area contributed by atoms with Crippen LogP contribution in [0.25, 0.3) is 0 Å². The van der Waals surface area contributed by atoms with Gasteiger partial charge in [-0.15, -0.1) is 0 Å². The predicted molar refractivity (Wildman–Crippen MR) is 80.6 cm³/mol. The Morgan fingerprint density at radius 1 is 1.15 bits per heavy atom. The second-order valence-electron chi connectivity index (χ2n) is 6.96. The summed E-state index contributed by atoms with van der Waals surface area (Å²) in [6, 6.07) is 5.35. The van der Waals surface area contributed by atoms with Crippen molar-refractivity contribution in [2.24, 2.45) is 5.41 Å². The maximum absolute atomic E-state index is 13.1. The highest BCUT2D eigenvalue weighted by Gasteiger charge is 2.56. The minimum Gasteiger partial charge on any atom is -0.392 e. The van der Waals surface area contributed by atoms with E-state index in [0.29, 0.717) is 4.90 Å². The number of benzene rings is 1. The normalized spacial score (nSPS) is 30.4. The van der Waals surface area contributed by atoms with Gasteiger partial charge in [-0.2, -0.15) is 0 Å². The van der Waals surface area contributed by atoms with Gasteiger partial charge in [-0.1, -0.05) is 32.9 Å². The monoisotopic (exact) mass is 296 g/mol. The van der Waals surface area contributed by atoms with E-state index in [9.17, 15) is 13.5 Å². The van der Waals surface area contributed by atoms with Crippen molar-refractivity contribution in [2.45, 2.75) is 63.2 Å². The summed E-state index contributed by atoms with van der Waals surface area (Å²) in [5, 5.41) is 10.8. The molecule has 0 aromatic heterocycles. The van der Waals surface area contributed by atoms with E-state index in [1.54, 1.807) is 26.0 Å². The van der Waals surface area contributed by atoms with Crippen molar-refractivity contribution in [1.29, 1.82) is 0 Å². The number of aliphatic hydroxyl groups is 1. The molecule has 0 amide bonds. The van der Waals surface area contributed by atoms with Gasteiger partial charge in [-0.05, 0) is 38.0 Å². The van der Waals surface area contributed by atoms with Gasteiger partial charge in [-0.25, -0.2) is 8.42 Å². The van der Waals surface area contributed by atoms with Crippen molar-refractivity contribution in [1.82, 2.24) is 0 Å². The van der Waals surface area contributed by atoms with E-state index in [1.165, 1.54) is 0 Å². The second kappa shape index (κ2) is 4.31. The minimum absolute atomic E-state index is 0.210. The van der Waals surface area contributed by atoms with Crippen molar-refractivity contribution in [3.8, 4) is 0 Å². The van der Waals surface area contributed by atoms with E-state index in [-0.39, 0.29) is 5.92 Å². The summed E-state index contributed by atoms with van der Waals surface area (Å²) in [5.74, 6) is -0.210. The van der Waals surface area contributed by atoms with Gasteiger partial charge in [0, 0.05) is 11.3 Å². The van der Waals surface area contributed by atoms with Crippen molar-refractivity contribution in [3.63, 3.8) is 0 Å². The Kier molecular flexibility index (Phi) is 3.34. The van der Waals surface area contributed by atoms with Gasteiger partial charge < -0.3 is 5.11 Å². The van der Waals surface area contributed by atoms with Crippen molar-refractivity contribution in [3.05, 3.63) is 29.3 Å². The van der Waals surface area contributed by atoms with Crippen LogP contribution in [0.4, 0.5) is 0 Å². The fourth-order valence-corrected chi connectivity index (χ4v) is 5.49. The molecular weight excluding hydrogens is 272 g/mol. The first-order valence-corrected chi connectivity index (χ1v) is 8.46. The molecule has 0 saturated carbocycles. The van der Waals surface area contributed by atoms with Gasteiger partial charge in [0.1, 0.15) is 0 Å². The molecule has 0 aliphatic carbocycles. The summed E-state index contributed by atoms with van der Waals surface area (Å²) in [6.07, 6.45) is -0.713. The molecule has 3 nitrogen and oxygen atoms in total. The van der Waals surface area contributed by atoms with Crippen molar-refractivity contribution < 1.29 is 13.5 Å². The molecular formula is C16H24O3S. The van der Waals surface area contributed by atoms with Gasteiger partial charge >= 0.3 is 0 Å². The average Bonchev–Trinajstić information content (AvgIpc) is 2.37. The lowest BCUT2D eigenvalue weighted by Crippen LogP contribution is -2.51. The van der Waals surface area contributed by atoms with Crippen molar-refractivity contribution in [2.75, 3.05) is 0 Å². The molecule has 0 fully saturated rings. The van der Waals surface area contributed by atoms with Gasteiger partial charge in [0.15, 0.2) is 9.84 Å². The molecule has 0 saturated heterocycles. The molecule has 1 N–H and O–H groups in total. The van der Waals surface area contributed by atoms with Crippen molar-refractivity contribution >= 4 is 9.84 Å². The Morgan fingerprint density at radius 2 is 1.70 bits per heavy atom. The third kappa shape index (κ3) is 1.70. The maximum atomic E-state index is 13.1. The Labute approximate surface area is 121 Å². The Hall–Kier alpha value is -0.870. The fourth-order valence-electron chi connectivity index (χ4n) is 3.23. The van der Waals surface area contributed by atoms with E-state index in [1.807, 2.05) is 33.8 Å².